The molecule has 27 heavy (non-hydrogen) atoms. The van der Waals surface area contributed by atoms with Gasteiger partial charge in [-0.05, 0) is 45.6 Å². The molecule has 0 N–H and O–H groups in total. The number of rotatable bonds is 5. The molecule has 2 saturated heterocycles. The van der Waals surface area contributed by atoms with Crippen LogP contribution in [-0.2, 0) is 4.74 Å². The first-order valence-corrected chi connectivity index (χ1v) is 11.0. The van der Waals surface area contributed by atoms with E-state index in [2.05, 4.69) is 40.2 Å². The molecule has 0 saturated carbocycles. The van der Waals surface area contributed by atoms with Crippen LogP contribution in [0.15, 0.2) is 30.3 Å². The molecule has 1 aromatic heterocycles. The highest BCUT2D eigenvalue weighted by molar-refractivity contribution is 7.09. The van der Waals surface area contributed by atoms with Crippen LogP contribution in [0.2, 0.25) is 0 Å². The van der Waals surface area contributed by atoms with Gasteiger partial charge in [0.05, 0.1) is 12.2 Å². The van der Waals surface area contributed by atoms with Crippen molar-refractivity contribution in [3.8, 4) is 11.4 Å². The summed E-state index contributed by atoms with van der Waals surface area (Å²) < 4.78 is 10.4. The molecule has 0 spiro atoms. The van der Waals surface area contributed by atoms with Crippen LogP contribution in [0.25, 0.3) is 11.4 Å². The first-order chi connectivity index (χ1) is 13.2. The average molecular weight is 387 g/mol. The van der Waals surface area contributed by atoms with E-state index in [0.717, 1.165) is 48.6 Å². The van der Waals surface area contributed by atoms with E-state index in [-0.39, 0.29) is 0 Å². The summed E-state index contributed by atoms with van der Waals surface area (Å²) in [7, 11) is 0. The van der Waals surface area contributed by atoms with E-state index in [0.29, 0.717) is 12.2 Å². The Morgan fingerprint density at radius 1 is 1.07 bits per heavy atom. The fourth-order valence-corrected chi connectivity index (χ4v) is 5.03. The van der Waals surface area contributed by atoms with E-state index >= 15 is 0 Å². The minimum Gasteiger partial charge on any atom is -0.373 e. The number of hydrogen-bond acceptors (Lipinski definition) is 6. The molecule has 2 fully saturated rings. The van der Waals surface area contributed by atoms with Crippen LogP contribution in [0.3, 0.4) is 0 Å². The molecule has 0 bridgehead atoms. The van der Waals surface area contributed by atoms with Crippen molar-refractivity contribution < 1.29 is 4.74 Å². The Morgan fingerprint density at radius 3 is 2.48 bits per heavy atom. The summed E-state index contributed by atoms with van der Waals surface area (Å²) in [5.74, 6) is 1.68. The Kier molecular flexibility index (Phi) is 6.05. The van der Waals surface area contributed by atoms with Crippen molar-refractivity contribution in [1.29, 1.82) is 0 Å². The van der Waals surface area contributed by atoms with Crippen LogP contribution in [0, 0.1) is 5.92 Å². The second-order valence-corrected chi connectivity index (χ2v) is 8.73. The van der Waals surface area contributed by atoms with Crippen molar-refractivity contribution in [3.05, 3.63) is 30.3 Å². The van der Waals surface area contributed by atoms with Gasteiger partial charge in [-0.1, -0.05) is 30.3 Å². The summed E-state index contributed by atoms with van der Waals surface area (Å²) in [4.78, 5) is 9.78. The molecule has 146 valence electrons. The topological polar surface area (TPSA) is 41.5 Å². The fraction of sp³-hybridized carbons (Fsp3) is 0.619. The summed E-state index contributed by atoms with van der Waals surface area (Å²) in [5, 5.41) is 1.07. The predicted molar refractivity (Wildman–Crippen MR) is 111 cm³/mol. The minimum atomic E-state index is 0.367. The van der Waals surface area contributed by atoms with Gasteiger partial charge in [-0.25, -0.2) is 0 Å². The summed E-state index contributed by atoms with van der Waals surface area (Å²) in [6, 6.07) is 10.3. The molecule has 4 rings (SSSR count). The normalized spacial score (nSPS) is 25.0. The lowest BCUT2D eigenvalue weighted by molar-refractivity contribution is -0.0690. The van der Waals surface area contributed by atoms with Crippen molar-refractivity contribution in [3.63, 3.8) is 0 Å². The molecule has 1 aromatic carbocycles. The van der Waals surface area contributed by atoms with Gasteiger partial charge in [0.15, 0.2) is 5.82 Å². The van der Waals surface area contributed by atoms with Crippen LogP contribution in [0.1, 0.15) is 33.1 Å². The number of anilines is 1. The van der Waals surface area contributed by atoms with Crippen LogP contribution in [0.5, 0.6) is 0 Å². The van der Waals surface area contributed by atoms with Crippen LogP contribution >= 0.6 is 11.5 Å². The zero-order valence-electron chi connectivity index (χ0n) is 16.4. The van der Waals surface area contributed by atoms with Gasteiger partial charge in [-0.2, -0.15) is 9.36 Å². The number of aromatic nitrogens is 2. The number of piperidine rings is 1. The first kappa shape index (κ1) is 18.8. The molecule has 5 nitrogen and oxygen atoms in total. The van der Waals surface area contributed by atoms with Gasteiger partial charge in [-0.15, -0.1) is 0 Å². The highest BCUT2D eigenvalue weighted by Gasteiger charge is 2.25. The molecule has 6 heteroatoms. The zero-order valence-corrected chi connectivity index (χ0v) is 17.2. The summed E-state index contributed by atoms with van der Waals surface area (Å²) >= 11 is 1.53. The number of hydrogen-bond donors (Lipinski definition) is 0. The maximum absolute atomic E-state index is 5.85. The number of ether oxygens (including phenoxy) is 1. The van der Waals surface area contributed by atoms with Crippen molar-refractivity contribution in [1.82, 2.24) is 14.3 Å². The Bertz CT molecular complexity index is 704. The van der Waals surface area contributed by atoms with Gasteiger partial charge in [-0.3, -0.25) is 4.90 Å². The third kappa shape index (κ3) is 4.86. The minimum absolute atomic E-state index is 0.367. The largest absolute Gasteiger partial charge is 0.373 e. The second-order valence-electron chi connectivity index (χ2n) is 8.00. The van der Waals surface area contributed by atoms with E-state index in [1.807, 2.05) is 18.2 Å². The van der Waals surface area contributed by atoms with Crippen LogP contribution in [0.4, 0.5) is 5.13 Å². The van der Waals surface area contributed by atoms with Gasteiger partial charge >= 0.3 is 0 Å². The second kappa shape index (κ2) is 8.67. The average Bonchev–Trinajstić information content (AvgIpc) is 3.17. The van der Waals surface area contributed by atoms with Crippen molar-refractivity contribution in [2.75, 3.05) is 37.6 Å². The monoisotopic (exact) mass is 386 g/mol. The van der Waals surface area contributed by atoms with Gasteiger partial charge in [0, 0.05) is 43.3 Å². The number of nitrogens with zero attached hydrogens (tertiary/aromatic N) is 4. The molecule has 3 heterocycles. The molecular weight excluding hydrogens is 356 g/mol. The molecule has 2 aliphatic rings. The lowest BCUT2D eigenvalue weighted by atomic mass is 9.93. The van der Waals surface area contributed by atoms with Crippen molar-refractivity contribution in [2.45, 2.75) is 45.3 Å². The number of morpholine rings is 1. The van der Waals surface area contributed by atoms with Gasteiger partial charge in [0.25, 0.3) is 0 Å². The maximum atomic E-state index is 5.85. The van der Waals surface area contributed by atoms with Gasteiger partial charge < -0.3 is 9.64 Å². The van der Waals surface area contributed by atoms with Gasteiger partial charge in [0.2, 0.25) is 5.13 Å². The van der Waals surface area contributed by atoms with E-state index in [1.54, 1.807) is 0 Å². The molecule has 2 aliphatic heterocycles. The summed E-state index contributed by atoms with van der Waals surface area (Å²) in [6.07, 6.45) is 4.56. The van der Waals surface area contributed by atoms with E-state index in [4.69, 9.17) is 9.72 Å². The van der Waals surface area contributed by atoms with Crippen molar-refractivity contribution in [2.24, 2.45) is 5.92 Å². The molecule has 2 unspecified atom stereocenters. The number of benzene rings is 1. The highest BCUT2D eigenvalue weighted by Crippen LogP contribution is 2.29. The molecule has 0 aliphatic carbocycles. The zero-order chi connectivity index (χ0) is 18.6. The lowest BCUT2D eigenvalue weighted by Gasteiger charge is -2.37. The third-order valence-corrected chi connectivity index (χ3v) is 6.46. The van der Waals surface area contributed by atoms with Crippen molar-refractivity contribution >= 4 is 16.7 Å². The molecule has 0 amide bonds. The van der Waals surface area contributed by atoms with E-state index in [9.17, 15) is 0 Å². The maximum Gasteiger partial charge on any atom is 0.205 e. The Morgan fingerprint density at radius 2 is 1.78 bits per heavy atom. The first-order valence-electron chi connectivity index (χ1n) is 10.2. The highest BCUT2D eigenvalue weighted by atomic mass is 32.1. The summed E-state index contributed by atoms with van der Waals surface area (Å²) in [6.45, 7) is 9.94. The van der Waals surface area contributed by atoms with E-state index < -0.39 is 0 Å². The molecular formula is C21H30N4OS. The smallest absolute Gasteiger partial charge is 0.205 e. The van der Waals surface area contributed by atoms with E-state index in [1.165, 1.54) is 37.3 Å². The Hall–Kier alpha value is -1.50. The lowest BCUT2D eigenvalue weighted by Crippen LogP contribution is -2.46. The SMILES string of the molecule is CC1CN(CCC2CCN(c3nc(-c4ccccc4)ns3)CC2)CC(C)O1. The Balaban J connectivity index is 1.25. The molecule has 2 atom stereocenters. The quantitative estimate of drug-likeness (QED) is 0.779. The molecule has 2 aromatic rings. The van der Waals surface area contributed by atoms with Gasteiger partial charge in [0.1, 0.15) is 0 Å². The molecule has 0 radical (unpaired) electrons. The predicted octanol–water partition coefficient (Wildman–Crippen LogP) is 3.92. The Labute approximate surface area is 166 Å². The standard InChI is InChI=1S/C21H30N4OS/c1-16-14-24(15-17(2)26-16)11-8-18-9-12-25(13-10-18)21-22-20(23-27-21)19-6-4-3-5-7-19/h3-7,16-18H,8-15H2,1-2H3. The third-order valence-electron chi connectivity index (χ3n) is 5.68. The van der Waals surface area contributed by atoms with Crippen LogP contribution in [-0.4, -0.2) is 59.2 Å². The summed E-state index contributed by atoms with van der Waals surface area (Å²) in [5.41, 5.74) is 1.10. The fourth-order valence-electron chi connectivity index (χ4n) is 4.29. The van der Waals surface area contributed by atoms with Crippen LogP contribution < -0.4 is 4.90 Å².